The maximum absolute atomic E-state index is 2.40. The van der Waals surface area contributed by atoms with Crippen LogP contribution in [-0.2, 0) is 0 Å². The van der Waals surface area contributed by atoms with Crippen LogP contribution < -0.4 is 0 Å². The molecule has 0 amide bonds. The Hall–Kier alpha value is 0. The fourth-order valence-electron chi connectivity index (χ4n) is 3.01. The zero-order valence-electron chi connectivity index (χ0n) is 6.54. The average molecular weight is 124 g/mol. The zero-order chi connectivity index (χ0) is 6.54. The topological polar surface area (TPSA) is 0 Å². The fourth-order valence-corrected chi connectivity index (χ4v) is 3.01. The van der Waals surface area contributed by atoms with E-state index in [2.05, 4.69) is 13.8 Å². The van der Waals surface area contributed by atoms with Gasteiger partial charge in [0.05, 0.1) is 0 Å². The Bertz CT molecular complexity index is 119. The van der Waals surface area contributed by atoms with Gasteiger partial charge in [-0.25, -0.2) is 0 Å². The van der Waals surface area contributed by atoms with Crippen LogP contribution in [-0.4, -0.2) is 0 Å². The van der Waals surface area contributed by atoms with E-state index in [4.69, 9.17) is 0 Å². The first kappa shape index (κ1) is 5.76. The highest BCUT2D eigenvalue weighted by molar-refractivity contribution is 5.02. The second kappa shape index (κ2) is 1.36. The van der Waals surface area contributed by atoms with Crippen molar-refractivity contribution in [2.24, 2.45) is 10.8 Å². The van der Waals surface area contributed by atoms with Gasteiger partial charge in [0.1, 0.15) is 0 Å². The highest BCUT2D eigenvalue weighted by Gasteiger charge is 2.51. The van der Waals surface area contributed by atoms with Gasteiger partial charge >= 0.3 is 0 Å². The van der Waals surface area contributed by atoms with Crippen LogP contribution >= 0.6 is 0 Å². The van der Waals surface area contributed by atoms with Gasteiger partial charge in [0.25, 0.3) is 0 Å². The van der Waals surface area contributed by atoms with Gasteiger partial charge in [-0.15, -0.1) is 0 Å². The Balaban J connectivity index is 1.96. The Kier molecular flexibility index (Phi) is 0.868. The van der Waals surface area contributed by atoms with Gasteiger partial charge in [-0.3, -0.25) is 0 Å². The number of hydrogen-bond acceptors (Lipinski definition) is 0. The van der Waals surface area contributed by atoms with E-state index in [0.29, 0.717) is 5.41 Å². The van der Waals surface area contributed by atoms with Crippen molar-refractivity contribution in [1.82, 2.24) is 0 Å². The Morgan fingerprint density at radius 2 is 1.56 bits per heavy atom. The molecule has 0 N–H and O–H groups in total. The lowest BCUT2D eigenvalue weighted by molar-refractivity contribution is -0.0751. The Labute approximate surface area is 57.6 Å². The van der Waals surface area contributed by atoms with Crippen molar-refractivity contribution in [2.75, 3.05) is 0 Å². The molecule has 2 saturated carbocycles. The van der Waals surface area contributed by atoms with Crippen molar-refractivity contribution in [3.05, 3.63) is 0 Å². The molecule has 0 heteroatoms. The molecule has 0 aliphatic heterocycles. The molecule has 0 heterocycles. The van der Waals surface area contributed by atoms with Crippen LogP contribution in [0.5, 0.6) is 0 Å². The quantitative estimate of drug-likeness (QED) is 0.465. The summed E-state index contributed by atoms with van der Waals surface area (Å²) in [4.78, 5) is 0. The van der Waals surface area contributed by atoms with Gasteiger partial charge in [0.15, 0.2) is 0 Å². The second-order valence-corrected chi connectivity index (χ2v) is 4.87. The second-order valence-electron chi connectivity index (χ2n) is 4.87. The van der Waals surface area contributed by atoms with Gasteiger partial charge in [-0.1, -0.05) is 20.3 Å². The Morgan fingerprint density at radius 3 is 1.67 bits per heavy atom. The van der Waals surface area contributed by atoms with E-state index in [9.17, 15) is 0 Å². The van der Waals surface area contributed by atoms with Gasteiger partial charge in [0, 0.05) is 0 Å². The van der Waals surface area contributed by atoms with Gasteiger partial charge in [-0.2, -0.15) is 0 Å². The van der Waals surface area contributed by atoms with Crippen LogP contribution in [0.25, 0.3) is 0 Å². The normalized spacial score (nSPS) is 35.3. The molecule has 1 spiro atoms. The van der Waals surface area contributed by atoms with E-state index in [0.717, 1.165) is 5.41 Å². The van der Waals surface area contributed by atoms with Crippen molar-refractivity contribution in [1.29, 1.82) is 0 Å². The summed E-state index contributed by atoms with van der Waals surface area (Å²) in [5.74, 6) is 0. The highest BCUT2D eigenvalue weighted by Crippen LogP contribution is 2.63. The van der Waals surface area contributed by atoms with Crippen LogP contribution in [0.4, 0.5) is 0 Å². The largest absolute Gasteiger partial charge is 0.0599 e. The summed E-state index contributed by atoms with van der Waals surface area (Å²) in [6, 6.07) is 0. The van der Waals surface area contributed by atoms with Crippen LogP contribution in [0.3, 0.4) is 0 Å². The predicted molar refractivity (Wildman–Crippen MR) is 39.3 cm³/mol. The SMILES string of the molecule is CC1(C)CC2(CCC2)C1. The molecule has 2 fully saturated rings. The van der Waals surface area contributed by atoms with Crippen molar-refractivity contribution >= 4 is 0 Å². The standard InChI is InChI=1S/C9H16/c1-8(2)6-9(7-8)4-3-5-9/h3-7H2,1-2H3. The maximum atomic E-state index is 2.40. The number of hydrogen-bond donors (Lipinski definition) is 0. The lowest BCUT2D eigenvalue weighted by atomic mass is 9.46. The molecule has 0 atom stereocenters. The first-order chi connectivity index (χ1) is 4.12. The molecule has 0 radical (unpaired) electrons. The van der Waals surface area contributed by atoms with Crippen molar-refractivity contribution < 1.29 is 0 Å². The monoisotopic (exact) mass is 124 g/mol. The molecule has 9 heavy (non-hydrogen) atoms. The lowest BCUT2D eigenvalue weighted by Crippen LogP contribution is -2.47. The van der Waals surface area contributed by atoms with Crippen LogP contribution in [0.15, 0.2) is 0 Å². The predicted octanol–water partition coefficient (Wildman–Crippen LogP) is 2.98. The van der Waals surface area contributed by atoms with E-state index in [-0.39, 0.29) is 0 Å². The first-order valence-corrected chi connectivity index (χ1v) is 4.12. The molecule has 2 rings (SSSR count). The minimum Gasteiger partial charge on any atom is -0.0599 e. The third kappa shape index (κ3) is 0.720. The summed E-state index contributed by atoms with van der Waals surface area (Å²) in [7, 11) is 0. The van der Waals surface area contributed by atoms with E-state index < -0.39 is 0 Å². The lowest BCUT2D eigenvalue weighted by Gasteiger charge is -2.59. The summed E-state index contributed by atoms with van der Waals surface area (Å²) in [5.41, 5.74) is 1.59. The highest BCUT2D eigenvalue weighted by atomic mass is 14.6. The molecule has 0 aromatic heterocycles. The van der Waals surface area contributed by atoms with Crippen LogP contribution in [0.2, 0.25) is 0 Å². The summed E-state index contributed by atoms with van der Waals surface area (Å²) in [5, 5.41) is 0. The molecule has 0 bridgehead atoms. The smallest absolute Gasteiger partial charge is 0.0287 e. The third-order valence-corrected chi connectivity index (χ3v) is 3.12. The van der Waals surface area contributed by atoms with Crippen LogP contribution in [0, 0.1) is 10.8 Å². The average Bonchev–Trinajstić information content (AvgIpc) is 1.54. The van der Waals surface area contributed by atoms with Crippen LogP contribution in [0.1, 0.15) is 46.0 Å². The van der Waals surface area contributed by atoms with Gasteiger partial charge in [0.2, 0.25) is 0 Å². The summed E-state index contributed by atoms with van der Waals surface area (Å²) in [6.45, 7) is 4.80. The van der Waals surface area contributed by atoms with Gasteiger partial charge < -0.3 is 0 Å². The van der Waals surface area contributed by atoms with E-state index in [1.165, 1.54) is 32.1 Å². The summed E-state index contributed by atoms with van der Waals surface area (Å²) >= 11 is 0. The van der Waals surface area contributed by atoms with E-state index in [1.807, 2.05) is 0 Å². The fraction of sp³-hybridized carbons (Fsp3) is 1.00. The number of rotatable bonds is 0. The molecule has 0 saturated heterocycles. The van der Waals surface area contributed by atoms with E-state index >= 15 is 0 Å². The minimum absolute atomic E-state index is 0.709. The molecule has 0 aromatic rings. The first-order valence-electron chi connectivity index (χ1n) is 4.12. The molecule has 52 valence electrons. The molecule has 2 aliphatic carbocycles. The Morgan fingerprint density at radius 1 is 1.00 bits per heavy atom. The molecule has 0 nitrogen and oxygen atoms in total. The zero-order valence-corrected chi connectivity index (χ0v) is 6.54. The van der Waals surface area contributed by atoms with Crippen molar-refractivity contribution in [3.63, 3.8) is 0 Å². The van der Waals surface area contributed by atoms with Crippen molar-refractivity contribution in [2.45, 2.75) is 46.0 Å². The maximum Gasteiger partial charge on any atom is -0.0287 e. The summed E-state index contributed by atoms with van der Waals surface area (Å²) in [6.07, 6.45) is 7.61. The molecule has 0 unspecified atom stereocenters. The molecular weight excluding hydrogens is 108 g/mol. The van der Waals surface area contributed by atoms with Gasteiger partial charge in [-0.05, 0) is 36.5 Å². The van der Waals surface area contributed by atoms with Crippen molar-refractivity contribution in [3.8, 4) is 0 Å². The molecule has 0 aromatic carbocycles. The van der Waals surface area contributed by atoms with E-state index in [1.54, 1.807) is 0 Å². The third-order valence-electron chi connectivity index (χ3n) is 3.12. The molecule has 2 aliphatic rings. The summed E-state index contributed by atoms with van der Waals surface area (Å²) < 4.78 is 0. The molecular formula is C9H16. The minimum atomic E-state index is 0.709.